The number of rotatable bonds is 6. The first-order valence-electron chi connectivity index (χ1n) is 7.65. The molecule has 0 saturated carbocycles. The van der Waals surface area contributed by atoms with E-state index < -0.39 is 0 Å². The van der Waals surface area contributed by atoms with Gasteiger partial charge < -0.3 is 14.8 Å². The van der Waals surface area contributed by atoms with E-state index >= 15 is 0 Å². The molecule has 0 unspecified atom stereocenters. The Kier molecular flexibility index (Phi) is 6.09. The van der Waals surface area contributed by atoms with E-state index in [4.69, 9.17) is 9.47 Å². The predicted octanol–water partition coefficient (Wildman–Crippen LogP) is 4.40. The minimum atomic E-state index is 0.0859. The molecule has 1 aromatic rings. The van der Waals surface area contributed by atoms with Gasteiger partial charge in [-0.1, -0.05) is 26.8 Å². The van der Waals surface area contributed by atoms with Crippen LogP contribution in [0.2, 0.25) is 0 Å². The number of methoxy groups -OCH3 is 1. The van der Waals surface area contributed by atoms with E-state index in [1.165, 1.54) is 5.56 Å². The smallest absolute Gasteiger partial charge is 0.127 e. The Hall–Kier alpha value is -1.22. The molecule has 0 saturated heterocycles. The van der Waals surface area contributed by atoms with Crippen molar-refractivity contribution in [2.24, 2.45) is 5.41 Å². The summed E-state index contributed by atoms with van der Waals surface area (Å²) < 4.78 is 11.3. The number of ether oxygens (including phenoxy) is 2. The SMILES string of the molecule is COc1ccc(CNC(C)(C)C)c(OCCC(C)(C)C)c1. The number of hydrogen-bond donors (Lipinski definition) is 1. The average Bonchev–Trinajstić information content (AvgIpc) is 2.34. The van der Waals surface area contributed by atoms with Crippen molar-refractivity contribution in [1.82, 2.24) is 5.32 Å². The minimum Gasteiger partial charge on any atom is -0.497 e. The Balaban J connectivity index is 2.77. The second kappa shape index (κ2) is 7.17. The third-order valence-corrected chi connectivity index (χ3v) is 3.19. The summed E-state index contributed by atoms with van der Waals surface area (Å²) in [5.74, 6) is 1.75. The zero-order valence-electron chi connectivity index (χ0n) is 14.7. The molecule has 3 heteroatoms. The molecule has 3 nitrogen and oxygen atoms in total. The maximum absolute atomic E-state index is 6.00. The van der Waals surface area contributed by atoms with E-state index in [0.717, 1.165) is 31.1 Å². The van der Waals surface area contributed by atoms with Crippen molar-refractivity contribution >= 4 is 0 Å². The Labute approximate surface area is 130 Å². The van der Waals surface area contributed by atoms with Crippen LogP contribution in [-0.4, -0.2) is 19.3 Å². The van der Waals surface area contributed by atoms with E-state index in [0.29, 0.717) is 0 Å². The molecular weight excluding hydrogens is 262 g/mol. The van der Waals surface area contributed by atoms with Gasteiger partial charge in [-0.25, -0.2) is 0 Å². The molecule has 0 bridgehead atoms. The van der Waals surface area contributed by atoms with Crippen LogP contribution in [0.5, 0.6) is 11.5 Å². The first-order valence-corrected chi connectivity index (χ1v) is 7.65. The van der Waals surface area contributed by atoms with E-state index in [1.54, 1.807) is 7.11 Å². The molecule has 0 atom stereocenters. The van der Waals surface area contributed by atoms with Crippen LogP contribution >= 0.6 is 0 Å². The largest absolute Gasteiger partial charge is 0.497 e. The molecule has 0 spiro atoms. The first-order chi connectivity index (χ1) is 9.61. The Morgan fingerprint density at radius 2 is 1.71 bits per heavy atom. The van der Waals surface area contributed by atoms with Crippen molar-refractivity contribution in [3.05, 3.63) is 23.8 Å². The molecule has 120 valence electrons. The van der Waals surface area contributed by atoms with Gasteiger partial charge in [0.05, 0.1) is 13.7 Å². The van der Waals surface area contributed by atoms with Crippen LogP contribution in [0.4, 0.5) is 0 Å². The van der Waals surface area contributed by atoms with Crippen molar-refractivity contribution in [2.75, 3.05) is 13.7 Å². The second-order valence-corrected chi connectivity index (χ2v) is 7.74. The number of benzene rings is 1. The monoisotopic (exact) mass is 293 g/mol. The van der Waals surface area contributed by atoms with Crippen molar-refractivity contribution < 1.29 is 9.47 Å². The molecule has 0 aliphatic carbocycles. The summed E-state index contributed by atoms with van der Waals surface area (Å²) in [6, 6.07) is 6.03. The van der Waals surface area contributed by atoms with Crippen molar-refractivity contribution in [2.45, 2.75) is 60.0 Å². The van der Waals surface area contributed by atoms with Gasteiger partial charge in [0.1, 0.15) is 11.5 Å². The summed E-state index contributed by atoms with van der Waals surface area (Å²) in [6.07, 6.45) is 1.02. The van der Waals surface area contributed by atoms with Crippen LogP contribution in [-0.2, 0) is 6.54 Å². The van der Waals surface area contributed by atoms with Gasteiger partial charge in [-0.15, -0.1) is 0 Å². The van der Waals surface area contributed by atoms with Crippen LogP contribution in [0, 0.1) is 5.41 Å². The summed E-state index contributed by atoms with van der Waals surface area (Å²) in [6.45, 7) is 14.7. The van der Waals surface area contributed by atoms with Gasteiger partial charge in [0.25, 0.3) is 0 Å². The molecule has 0 aliphatic heterocycles. The highest BCUT2D eigenvalue weighted by Crippen LogP contribution is 2.27. The fourth-order valence-corrected chi connectivity index (χ4v) is 1.77. The zero-order chi connectivity index (χ0) is 16.1. The summed E-state index contributed by atoms with van der Waals surface area (Å²) in [5.41, 5.74) is 1.53. The van der Waals surface area contributed by atoms with Crippen molar-refractivity contribution in [3.63, 3.8) is 0 Å². The predicted molar refractivity (Wildman–Crippen MR) is 89.2 cm³/mol. The van der Waals surface area contributed by atoms with Gasteiger partial charge in [0.2, 0.25) is 0 Å². The Morgan fingerprint density at radius 3 is 2.24 bits per heavy atom. The van der Waals surface area contributed by atoms with Crippen LogP contribution in [0.25, 0.3) is 0 Å². The molecule has 1 aromatic carbocycles. The van der Waals surface area contributed by atoms with Gasteiger partial charge >= 0.3 is 0 Å². The van der Waals surface area contributed by atoms with Gasteiger partial charge in [-0.3, -0.25) is 0 Å². The second-order valence-electron chi connectivity index (χ2n) is 7.74. The molecule has 21 heavy (non-hydrogen) atoms. The lowest BCUT2D eigenvalue weighted by atomic mass is 9.93. The van der Waals surface area contributed by atoms with Crippen LogP contribution < -0.4 is 14.8 Å². The lowest BCUT2D eigenvalue weighted by Crippen LogP contribution is -2.35. The molecule has 0 aliphatic rings. The van der Waals surface area contributed by atoms with Crippen LogP contribution in [0.1, 0.15) is 53.5 Å². The highest BCUT2D eigenvalue weighted by Gasteiger charge is 2.14. The van der Waals surface area contributed by atoms with E-state index in [9.17, 15) is 0 Å². The lowest BCUT2D eigenvalue weighted by molar-refractivity contribution is 0.239. The molecule has 0 fully saturated rings. The lowest BCUT2D eigenvalue weighted by Gasteiger charge is -2.23. The minimum absolute atomic E-state index is 0.0859. The maximum atomic E-state index is 6.00. The Bertz CT molecular complexity index is 442. The fraction of sp³-hybridized carbons (Fsp3) is 0.667. The van der Waals surface area contributed by atoms with Gasteiger partial charge in [0.15, 0.2) is 0 Å². The molecular formula is C18H31NO2. The highest BCUT2D eigenvalue weighted by atomic mass is 16.5. The van der Waals surface area contributed by atoms with Gasteiger partial charge in [0, 0.05) is 23.7 Å². The standard InChI is InChI=1S/C18H31NO2/c1-17(2,3)10-11-21-16-12-15(20-7)9-8-14(16)13-19-18(4,5)6/h8-9,12,19H,10-11,13H2,1-7H3. The van der Waals surface area contributed by atoms with E-state index in [-0.39, 0.29) is 11.0 Å². The molecule has 1 rings (SSSR count). The van der Waals surface area contributed by atoms with Gasteiger partial charge in [-0.2, -0.15) is 0 Å². The third-order valence-electron chi connectivity index (χ3n) is 3.19. The molecule has 0 heterocycles. The summed E-state index contributed by atoms with van der Waals surface area (Å²) in [7, 11) is 1.68. The van der Waals surface area contributed by atoms with Crippen molar-refractivity contribution in [3.8, 4) is 11.5 Å². The maximum Gasteiger partial charge on any atom is 0.127 e. The number of hydrogen-bond acceptors (Lipinski definition) is 3. The Morgan fingerprint density at radius 1 is 1.05 bits per heavy atom. The topological polar surface area (TPSA) is 30.5 Å². The van der Waals surface area contributed by atoms with Crippen LogP contribution in [0.3, 0.4) is 0 Å². The quantitative estimate of drug-likeness (QED) is 0.843. The number of nitrogens with one attached hydrogen (secondary N) is 1. The molecule has 0 radical (unpaired) electrons. The van der Waals surface area contributed by atoms with E-state index in [1.807, 2.05) is 12.1 Å². The van der Waals surface area contributed by atoms with E-state index in [2.05, 4.69) is 52.9 Å². The molecule has 1 N–H and O–H groups in total. The van der Waals surface area contributed by atoms with Gasteiger partial charge in [-0.05, 0) is 38.7 Å². The normalized spacial score (nSPS) is 12.3. The summed E-state index contributed by atoms with van der Waals surface area (Å²) in [4.78, 5) is 0. The summed E-state index contributed by atoms with van der Waals surface area (Å²) >= 11 is 0. The first kappa shape index (κ1) is 17.8. The zero-order valence-corrected chi connectivity index (χ0v) is 14.7. The highest BCUT2D eigenvalue weighted by molar-refractivity contribution is 5.40. The van der Waals surface area contributed by atoms with Crippen molar-refractivity contribution in [1.29, 1.82) is 0 Å². The van der Waals surface area contributed by atoms with Crippen LogP contribution in [0.15, 0.2) is 18.2 Å². The third kappa shape index (κ3) is 7.37. The fourth-order valence-electron chi connectivity index (χ4n) is 1.77. The summed E-state index contributed by atoms with van der Waals surface area (Å²) in [5, 5.41) is 3.50. The molecule has 0 aromatic heterocycles. The average molecular weight is 293 g/mol. The molecule has 0 amide bonds.